The first-order valence-corrected chi connectivity index (χ1v) is 7.84. The van der Waals surface area contributed by atoms with Crippen LogP contribution in [0.1, 0.15) is 29.6 Å². The molecule has 1 aliphatic carbocycles. The molecule has 1 fully saturated rings. The van der Waals surface area contributed by atoms with E-state index in [1.54, 1.807) is 38.4 Å². The fourth-order valence-corrected chi connectivity index (χ4v) is 2.65. The van der Waals surface area contributed by atoms with Gasteiger partial charge in [0.05, 0.1) is 11.5 Å². The van der Waals surface area contributed by atoms with Crippen molar-refractivity contribution in [2.75, 3.05) is 20.7 Å². The lowest BCUT2D eigenvalue weighted by Gasteiger charge is -2.16. The summed E-state index contributed by atoms with van der Waals surface area (Å²) in [6, 6.07) is 6.53. The third-order valence-electron chi connectivity index (χ3n) is 4.10. The molecule has 2 N–H and O–H groups in total. The minimum Gasteiger partial charge on any atom is -0.483 e. The monoisotopic (exact) mass is 334 g/mol. The summed E-state index contributed by atoms with van der Waals surface area (Å²) in [7, 11) is 3.26. The average Bonchev–Trinajstić information content (AvgIpc) is 3.01. The molecule has 130 valence electrons. The van der Waals surface area contributed by atoms with Crippen molar-refractivity contribution in [1.82, 2.24) is 10.2 Å². The molecule has 0 radical (unpaired) electrons. The van der Waals surface area contributed by atoms with Crippen LogP contribution in [0.25, 0.3) is 0 Å². The summed E-state index contributed by atoms with van der Waals surface area (Å²) >= 11 is 0. The molecule has 1 aromatic rings. The van der Waals surface area contributed by atoms with E-state index in [0.717, 1.165) is 0 Å². The van der Waals surface area contributed by atoms with Crippen molar-refractivity contribution < 1.29 is 24.2 Å². The van der Waals surface area contributed by atoms with E-state index >= 15 is 0 Å². The lowest BCUT2D eigenvalue weighted by Crippen LogP contribution is -2.34. The molecular weight excluding hydrogens is 312 g/mol. The maximum atomic E-state index is 12.4. The molecule has 0 aromatic heterocycles. The van der Waals surface area contributed by atoms with E-state index in [1.807, 2.05) is 0 Å². The molecule has 1 saturated carbocycles. The Morgan fingerprint density at radius 2 is 1.96 bits per heavy atom. The molecule has 7 nitrogen and oxygen atoms in total. The Morgan fingerprint density at radius 3 is 2.58 bits per heavy atom. The van der Waals surface area contributed by atoms with Gasteiger partial charge in [-0.25, -0.2) is 0 Å². The van der Waals surface area contributed by atoms with Crippen molar-refractivity contribution in [2.24, 2.45) is 5.92 Å². The Kier molecular flexibility index (Phi) is 5.78. The minimum atomic E-state index is -0.822. The minimum absolute atomic E-state index is 0.151. The van der Waals surface area contributed by atoms with E-state index in [-0.39, 0.29) is 24.5 Å². The molecule has 1 aromatic carbocycles. The summed E-state index contributed by atoms with van der Waals surface area (Å²) in [5.41, 5.74) is 0.336. The largest absolute Gasteiger partial charge is 0.483 e. The third-order valence-corrected chi connectivity index (χ3v) is 4.10. The van der Waals surface area contributed by atoms with Crippen molar-refractivity contribution >= 4 is 17.8 Å². The second-order valence-corrected chi connectivity index (χ2v) is 6.09. The number of rotatable bonds is 6. The van der Waals surface area contributed by atoms with Crippen LogP contribution in [0.15, 0.2) is 24.3 Å². The summed E-state index contributed by atoms with van der Waals surface area (Å²) in [6.07, 6.45) is 1.64. The van der Waals surface area contributed by atoms with Crippen molar-refractivity contribution in [1.29, 1.82) is 0 Å². The number of amides is 2. The van der Waals surface area contributed by atoms with Gasteiger partial charge < -0.3 is 20.1 Å². The van der Waals surface area contributed by atoms with E-state index in [0.29, 0.717) is 30.6 Å². The van der Waals surface area contributed by atoms with Crippen LogP contribution in [0.4, 0.5) is 0 Å². The fraction of sp³-hybridized carbons (Fsp3) is 0.471. The number of carbonyl (C=O) groups excluding carboxylic acids is 2. The van der Waals surface area contributed by atoms with Crippen LogP contribution >= 0.6 is 0 Å². The molecule has 0 unspecified atom stereocenters. The number of ether oxygens (including phenoxy) is 1. The highest BCUT2D eigenvalue weighted by Gasteiger charge is 2.31. The van der Waals surface area contributed by atoms with E-state index in [4.69, 9.17) is 9.84 Å². The normalized spacial score (nSPS) is 19.6. The molecule has 7 heteroatoms. The van der Waals surface area contributed by atoms with Crippen LogP contribution in [-0.2, 0) is 9.59 Å². The number of likely N-dealkylation sites (N-methyl/N-ethyl adjacent to an activating group) is 1. The maximum absolute atomic E-state index is 12.4. The molecule has 24 heavy (non-hydrogen) atoms. The first-order valence-electron chi connectivity index (χ1n) is 7.84. The molecule has 0 spiro atoms. The molecule has 0 heterocycles. The van der Waals surface area contributed by atoms with Gasteiger partial charge in [-0.05, 0) is 31.4 Å². The predicted octanol–water partition coefficient (Wildman–Crippen LogP) is 1.14. The molecule has 2 rings (SSSR count). The molecule has 0 aliphatic heterocycles. The van der Waals surface area contributed by atoms with Gasteiger partial charge in [0, 0.05) is 20.1 Å². The highest BCUT2D eigenvalue weighted by molar-refractivity contribution is 5.97. The van der Waals surface area contributed by atoms with Crippen molar-refractivity contribution in [3.8, 4) is 5.75 Å². The van der Waals surface area contributed by atoms with Crippen molar-refractivity contribution in [3.05, 3.63) is 29.8 Å². The standard InChI is InChI=1S/C17H22N2O5/c1-19(2)15(20)10-24-14-6-4-3-5-13(14)16(21)18-12-8-7-11(9-12)17(22)23/h3-6,11-12H,7-10H2,1-2H3,(H,18,21)(H,22,23)/t11-,12+/m0/s1. The Morgan fingerprint density at radius 1 is 1.25 bits per heavy atom. The number of nitrogens with one attached hydrogen (secondary N) is 1. The van der Waals surface area contributed by atoms with Gasteiger partial charge in [0.25, 0.3) is 11.8 Å². The summed E-state index contributed by atoms with van der Waals surface area (Å²) in [5.74, 6) is -1.42. The molecule has 0 bridgehead atoms. The van der Waals surface area contributed by atoms with Crippen molar-refractivity contribution in [2.45, 2.75) is 25.3 Å². The van der Waals surface area contributed by atoms with Gasteiger partial charge in [0.1, 0.15) is 5.75 Å². The maximum Gasteiger partial charge on any atom is 0.306 e. The van der Waals surface area contributed by atoms with E-state index in [1.165, 1.54) is 4.90 Å². The van der Waals surface area contributed by atoms with Gasteiger partial charge in [0.2, 0.25) is 0 Å². The number of hydrogen-bond acceptors (Lipinski definition) is 4. The SMILES string of the molecule is CN(C)C(=O)COc1ccccc1C(=O)N[C@@H]1CC[C@H](C(=O)O)C1. The second kappa shape index (κ2) is 7.81. The Balaban J connectivity index is 1.99. The first kappa shape index (κ1) is 17.8. The average molecular weight is 334 g/mol. The zero-order valence-corrected chi connectivity index (χ0v) is 13.8. The van der Waals surface area contributed by atoms with Crippen LogP contribution in [0.3, 0.4) is 0 Å². The van der Waals surface area contributed by atoms with Crippen LogP contribution in [0, 0.1) is 5.92 Å². The predicted molar refractivity (Wildman–Crippen MR) is 86.9 cm³/mol. The highest BCUT2D eigenvalue weighted by Crippen LogP contribution is 2.26. The highest BCUT2D eigenvalue weighted by atomic mass is 16.5. The van der Waals surface area contributed by atoms with Crippen LogP contribution in [0.2, 0.25) is 0 Å². The smallest absolute Gasteiger partial charge is 0.306 e. The first-order chi connectivity index (χ1) is 11.4. The fourth-order valence-electron chi connectivity index (χ4n) is 2.65. The van der Waals surface area contributed by atoms with Gasteiger partial charge in [-0.3, -0.25) is 14.4 Å². The topological polar surface area (TPSA) is 95.9 Å². The van der Waals surface area contributed by atoms with E-state index in [2.05, 4.69) is 5.32 Å². The number of aliphatic carboxylic acids is 1. The number of para-hydroxylation sites is 1. The Bertz CT molecular complexity index is 629. The number of carboxylic acids is 1. The van der Waals surface area contributed by atoms with Crippen LogP contribution in [0.5, 0.6) is 5.75 Å². The Hall–Kier alpha value is -2.57. The quantitative estimate of drug-likeness (QED) is 0.813. The van der Waals surface area contributed by atoms with Gasteiger partial charge in [-0.2, -0.15) is 0 Å². The van der Waals surface area contributed by atoms with Gasteiger partial charge in [-0.15, -0.1) is 0 Å². The van der Waals surface area contributed by atoms with E-state index < -0.39 is 11.9 Å². The number of nitrogens with zero attached hydrogens (tertiary/aromatic N) is 1. The zero-order chi connectivity index (χ0) is 17.7. The number of benzene rings is 1. The summed E-state index contributed by atoms with van der Waals surface area (Å²) in [4.78, 5) is 36.5. The third kappa shape index (κ3) is 4.47. The van der Waals surface area contributed by atoms with Gasteiger partial charge in [-0.1, -0.05) is 12.1 Å². The zero-order valence-electron chi connectivity index (χ0n) is 13.8. The molecular formula is C17H22N2O5. The van der Waals surface area contributed by atoms with Gasteiger partial charge >= 0.3 is 5.97 Å². The van der Waals surface area contributed by atoms with Crippen molar-refractivity contribution in [3.63, 3.8) is 0 Å². The second-order valence-electron chi connectivity index (χ2n) is 6.09. The summed E-state index contributed by atoms with van der Waals surface area (Å²) < 4.78 is 5.46. The Labute approximate surface area is 140 Å². The summed E-state index contributed by atoms with van der Waals surface area (Å²) in [5, 5.41) is 11.9. The number of hydrogen-bond donors (Lipinski definition) is 2. The summed E-state index contributed by atoms with van der Waals surface area (Å²) in [6.45, 7) is -0.151. The molecule has 2 atom stereocenters. The molecule has 0 saturated heterocycles. The number of carbonyl (C=O) groups is 3. The van der Waals surface area contributed by atoms with E-state index in [9.17, 15) is 14.4 Å². The van der Waals surface area contributed by atoms with Crippen LogP contribution in [-0.4, -0.2) is 54.5 Å². The molecule has 2 amide bonds. The van der Waals surface area contributed by atoms with Gasteiger partial charge in [0.15, 0.2) is 6.61 Å². The number of carboxylic acid groups (broad SMARTS) is 1. The van der Waals surface area contributed by atoms with Crippen LogP contribution < -0.4 is 10.1 Å². The lowest BCUT2D eigenvalue weighted by atomic mass is 10.1. The molecule has 1 aliphatic rings. The lowest BCUT2D eigenvalue weighted by molar-refractivity contribution is -0.141.